The number of aliphatic hydroxyl groups is 1. The third kappa shape index (κ3) is 27.5. The predicted octanol–water partition coefficient (Wildman–Crippen LogP) is -2.49. The molecule has 348 valence electrons. The Morgan fingerprint density at radius 3 is 1.25 bits per heavy atom. The average molecular weight is 900 g/mol. The Bertz CT molecular complexity index is 1280. The van der Waals surface area contributed by atoms with Gasteiger partial charge in [0.2, 0.25) is 5.91 Å². The van der Waals surface area contributed by atoms with Gasteiger partial charge in [-0.05, 0) is 48.0 Å². The summed E-state index contributed by atoms with van der Waals surface area (Å²) in [6.07, 6.45) is 0.419. The quantitative estimate of drug-likeness (QED) is 0.0214. The molecule has 0 fully saturated rings. The van der Waals surface area contributed by atoms with E-state index in [1.54, 1.807) is 6.92 Å². The molecule has 60 heavy (non-hydrogen) atoms. The van der Waals surface area contributed by atoms with Crippen LogP contribution < -0.4 is 34.9 Å². The molecule has 0 radical (unpaired) electrons. The number of methoxy groups -OCH3 is 1. The number of ether oxygens (including phenoxy) is 11. The standard InChI is InChI=1S/C38H71NO19S.Na/c1-9-11-57-33(42)31(38(6,7)34(43)48-8)30(32(41)39-36(2,3)29-59(45,46)47)37(4,5)35(44)58-28-27-56-26-25-55-24-23-54-22-21-53-20-19-52-18-17-51-16-15-50-14-13-49-12-10-40;/h30-31,40H,9-29H2,1-8H3,(H,39,41)(H,45,46,47);/q;+1/p-1. The van der Waals surface area contributed by atoms with E-state index >= 15 is 0 Å². The number of hydrogen-bond donors (Lipinski definition) is 2. The third-order valence-electron chi connectivity index (χ3n) is 8.41. The van der Waals surface area contributed by atoms with E-state index in [0.29, 0.717) is 92.3 Å². The topological polar surface area (TPSA) is 259 Å². The molecular formula is C38H70NNaO19S. The fourth-order valence-electron chi connectivity index (χ4n) is 5.53. The van der Waals surface area contributed by atoms with Crippen LogP contribution >= 0.6 is 0 Å². The summed E-state index contributed by atoms with van der Waals surface area (Å²) in [6, 6.07) is 0. The summed E-state index contributed by atoms with van der Waals surface area (Å²) < 4.78 is 93.6. The minimum Gasteiger partial charge on any atom is -0.748 e. The van der Waals surface area contributed by atoms with Crippen molar-refractivity contribution in [3.63, 3.8) is 0 Å². The van der Waals surface area contributed by atoms with Gasteiger partial charge in [-0.25, -0.2) is 8.42 Å². The molecule has 0 heterocycles. The number of carbonyl (C=O) groups excluding carboxylic acids is 4. The molecule has 0 aromatic heterocycles. The fourth-order valence-corrected chi connectivity index (χ4v) is 6.48. The maximum Gasteiger partial charge on any atom is 1.00 e. The predicted molar refractivity (Wildman–Crippen MR) is 209 cm³/mol. The van der Waals surface area contributed by atoms with Gasteiger partial charge < -0.3 is 67.1 Å². The van der Waals surface area contributed by atoms with Crippen molar-refractivity contribution < 1.29 is 119 Å². The van der Waals surface area contributed by atoms with Gasteiger partial charge in [-0.15, -0.1) is 0 Å². The summed E-state index contributed by atoms with van der Waals surface area (Å²) in [4.78, 5) is 54.2. The number of aliphatic hydroxyl groups excluding tert-OH is 1. The first-order valence-corrected chi connectivity index (χ1v) is 21.3. The van der Waals surface area contributed by atoms with Crippen molar-refractivity contribution in [1.82, 2.24) is 5.32 Å². The van der Waals surface area contributed by atoms with E-state index in [2.05, 4.69) is 5.32 Å². The molecule has 0 aliphatic rings. The van der Waals surface area contributed by atoms with Gasteiger partial charge in [0.25, 0.3) is 0 Å². The van der Waals surface area contributed by atoms with E-state index in [0.717, 1.165) is 7.11 Å². The van der Waals surface area contributed by atoms with Gasteiger partial charge in [-0.1, -0.05) is 6.92 Å². The minimum atomic E-state index is -4.81. The summed E-state index contributed by atoms with van der Waals surface area (Å²) >= 11 is 0. The Morgan fingerprint density at radius 1 is 0.567 bits per heavy atom. The molecule has 0 rings (SSSR count). The fraction of sp³-hybridized carbons (Fsp3) is 0.895. The van der Waals surface area contributed by atoms with Crippen molar-refractivity contribution in [2.45, 2.75) is 60.4 Å². The second-order valence-corrected chi connectivity index (χ2v) is 16.3. The van der Waals surface area contributed by atoms with Crippen LogP contribution in [0.15, 0.2) is 0 Å². The van der Waals surface area contributed by atoms with Gasteiger partial charge >= 0.3 is 47.5 Å². The van der Waals surface area contributed by atoms with Gasteiger partial charge in [0.05, 0.1) is 165 Å². The maximum absolute atomic E-state index is 14.0. The molecular weight excluding hydrogens is 829 g/mol. The average Bonchev–Trinajstić information content (AvgIpc) is 3.15. The van der Waals surface area contributed by atoms with Crippen LogP contribution in [0, 0.1) is 22.7 Å². The van der Waals surface area contributed by atoms with E-state index in [4.69, 9.17) is 57.2 Å². The van der Waals surface area contributed by atoms with Crippen LogP contribution in [-0.2, 0) is 81.4 Å². The van der Waals surface area contributed by atoms with Gasteiger partial charge in [0, 0.05) is 5.54 Å². The summed E-state index contributed by atoms with van der Waals surface area (Å²) in [5.74, 6) is -8.00. The molecule has 0 aliphatic carbocycles. The normalized spacial score (nSPS) is 13.2. The van der Waals surface area contributed by atoms with E-state index in [-0.39, 0.29) is 69.2 Å². The van der Waals surface area contributed by atoms with Crippen LogP contribution in [0.2, 0.25) is 0 Å². The molecule has 0 aliphatic heterocycles. The SMILES string of the molecule is CCCOC(=O)C(C(C(=O)NC(C)(C)CS(=O)(=O)[O-])C(C)(C)C(=O)OCCOCCOCCOCCOCCOCCOCCOCCOCCO)C(C)(C)C(=O)OC.[Na+]. The monoisotopic (exact) mass is 899 g/mol. The van der Waals surface area contributed by atoms with Crippen LogP contribution in [0.25, 0.3) is 0 Å². The third-order valence-corrected chi connectivity index (χ3v) is 9.49. The summed E-state index contributed by atoms with van der Waals surface area (Å²) in [6.45, 7) is 15.0. The largest absolute Gasteiger partial charge is 1.00 e. The zero-order chi connectivity index (χ0) is 44.8. The molecule has 20 nitrogen and oxygen atoms in total. The van der Waals surface area contributed by atoms with Crippen molar-refractivity contribution >= 4 is 33.9 Å². The first-order valence-electron chi connectivity index (χ1n) is 19.7. The molecule has 1 amide bonds. The van der Waals surface area contributed by atoms with Gasteiger partial charge in [-0.3, -0.25) is 19.2 Å². The van der Waals surface area contributed by atoms with Gasteiger partial charge in [0.1, 0.15) is 6.61 Å². The molecule has 2 N–H and O–H groups in total. The van der Waals surface area contributed by atoms with E-state index in [9.17, 15) is 32.1 Å². The molecule has 2 unspecified atom stereocenters. The Labute approximate surface area is 378 Å². The molecule has 0 saturated carbocycles. The van der Waals surface area contributed by atoms with Crippen molar-refractivity contribution in [3.8, 4) is 0 Å². The maximum atomic E-state index is 14.0. The van der Waals surface area contributed by atoms with E-state index in [1.807, 2.05) is 0 Å². The summed E-state index contributed by atoms with van der Waals surface area (Å²) in [5, 5.41) is 11.1. The molecule has 0 spiro atoms. The second kappa shape index (κ2) is 33.9. The first-order chi connectivity index (χ1) is 27.8. The molecule has 0 aromatic carbocycles. The number of nitrogens with one attached hydrogen (secondary N) is 1. The van der Waals surface area contributed by atoms with Gasteiger partial charge in [0.15, 0.2) is 0 Å². The number of carbonyl (C=O) groups is 4. The molecule has 0 aromatic rings. The Hall–Kier alpha value is -1.57. The van der Waals surface area contributed by atoms with E-state index in [1.165, 1.54) is 41.5 Å². The van der Waals surface area contributed by atoms with Crippen molar-refractivity contribution in [2.75, 3.05) is 138 Å². The number of hydrogen-bond acceptors (Lipinski definition) is 19. The van der Waals surface area contributed by atoms with Crippen LogP contribution in [0.4, 0.5) is 0 Å². The molecule has 2 atom stereocenters. The minimum absolute atomic E-state index is 0. The number of rotatable bonds is 38. The zero-order valence-electron chi connectivity index (χ0n) is 37.2. The first kappa shape index (κ1) is 60.5. The second-order valence-electron chi connectivity index (χ2n) is 14.9. The number of amides is 1. The molecule has 22 heteroatoms. The van der Waals surface area contributed by atoms with Crippen molar-refractivity contribution in [3.05, 3.63) is 0 Å². The number of esters is 3. The van der Waals surface area contributed by atoms with Gasteiger partial charge in [-0.2, -0.15) is 0 Å². The molecule has 0 saturated heterocycles. The zero-order valence-corrected chi connectivity index (χ0v) is 40.0. The van der Waals surface area contributed by atoms with Crippen LogP contribution in [0.3, 0.4) is 0 Å². The van der Waals surface area contributed by atoms with Crippen molar-refractivity contribution in [1.29, 1.82) is 0 Å². The van der Waals surface area contributed by atoms with Crippen LogP contribution in [0.5, 0.6) is 0 Å². The summed E-state index contributed by atoms with van der Waals surface area (Å²) in [7, 11) is -3.70. The van der Waals surface area contributed by atoms with Crippen LogP contribution in [0.1, 0.15) is 54.9 Å². The Balaban J connectivity index is 0. The summed E-state index contributed by atoms with van der Waals surface area (Å²) in [5.41, 5.74) is -5.16. The van der Waals surface area contributed by atoms with E-state index < -0.39 is 67.9 Å². The Kier molecular flexibility index (Phi) is 34.2. The van der Waals surface area contributed by atoms with Crippen molar-refractivity contribution in [2.24, 2.45) is 22.7 Å². The van der Waals surface area contributed by atoms with Crippen LogP contribution in [-0.4, -0.2) is 186 Å². The molecule has 0 bridgehead atoms. The smallest absolute Gasteiger partial charge is 0.748 e. The Morgan fingerprint density at radius 2 is 0.917 bits per heavy atom.